The molecule has 0 aromatic heterocycles. The average molecular weight is 260 g/mol. The second kappa shape index (κ2) is 6.91. The Morgan fingerprint density at radius 2 is 2.16 bits per heavy atom. The van der Waals surface area contributed by atoms with Crippen molar-refractivity contribution in [2.24, 2.45) is 0 Å². The van der Waals surface area contributed by atoms with Gasteiger partial charge in [0.2, 0.25) is 0 Å². The first-order valence-corrected chi connectivity index (χ1v) is 6.47. The average Bonchev–Trinajstić information content (AvgIpc) is 2.38. The van der Waals surface area contributed by atoms with Crippen LogP contribution in [0, 0.1) is 11.3 Å². The molecule has 0 saturated carbocycles. The molecule has 0 fully saturated rings. The Morgan fingerprint density at radius 1 is 1.47 bits per heavy atom. The number of rotatable bonds is 6. The van der Waals surface area contributed by atoms with Gasteiger partial charge in [-0.25, -0.2) is 0 Å². The maximum atomic E-state index is 10.8. The molecule has 0 aliphatic heterocycles. The van der Waals surface area contributed by atoms with Crippen LogP contribution in [0.5, 0.6) is 0 Å². The van der Waals surface area contributed by atoms with Crippen LogP contribution in [-0.4, -0.2) is 28.6 Å². The van der Waals surface area contributed by atoms with E-state index in [0.717, 1.165) is 12.1 Å². The molecular weight excluding hydrogens is 240 g/mol. The summed E-state index contributed by atoms with van der Waals surface area (Å²) in [5.74, 6) is -0.788. The quantitative estimate of drug-likeness (QED) is 0.854. The van der Waals surface area contributed by atoms with E-state index in [4.69, 9.17) is 10.4 Å². The molecule has 0 bridgehead atoms. The van der Waals surface area contributed by atoms with E-state index in [9.17, 15) is 4.79 Å². The van der Waals surface area contributed by atoms with E-state index in [1.807, 2.05) is 39.0 Å². The first-order chi connectivity index (χ1) is 8.99. The van der Waals surface area contributed by atoms with Crippen LogP contribution in [0.1, 0.15) is 44.4 Å². The van der Waals surface area contributed by atoms with Crippen LogP contribution in [0.15, 0.2) is 24.3 Å². The molecule has 0 aliphatic rings. The third-order valence-electron chi connectivity index (χ3n) is 3.40. The number of nitriles is 1. The lowest BCUT2D eigenvalue weighted by atomic mass is 10.0. The second-order valence-corrected chi connectivity index (χ2v) is 4.69. The van der Waals surface area contributed by atoms with Crippen LogP contribution in [-0.2, 0) is 4.79 Å². The Labute approximate surface area is 114 Å². The molecule has 0 amide bonds. The number of benzene rings is 1. The van der Waals surface area contributed by atoms with Crippen LogP contribution in [0.25, 0.3) is 0 Å². The molecule has 1 rings (SSSR count). The van der Waals surface area contributed by atoms with Gasteiger partial charge in [0, 0.05) is 12.1 Å². The predicted molar refractivity (Wildman–Crippen MR) is 73.7 cm³/mol. The zero-order chi connectivity index (χ0) is 14.4. The van der Waals surface area contributed by atoms with Crippen LogP contribution < -0.4 is 0 Å². The van der Waals surface area contributed by atoms with Gasteiger partial charge in [0.05, 0.1) is 18.1 Å². The topological polar surface area (TPSA) is 64.3 Å². The van der Waals surface area contributed by atoms with E-state index in [1.165, 1.54) is 0 Å². The van der Waals surface area contributed by atoms with Gasteiger partial charge in [-0.2, -0.15) is 5.26 Å². The van der Waals surface area contributed by atoms with Gasteiger partial charge in [0.1, 0.15) is 0 Å². The molecule has 0 aliphatic carbocycles. The highest BCUT2D eigenvalue weighted by atomic mass is 16.4. The van der Waals surface area contributed by atoms with E-state index < -0.39 is 5.97 Å². The highest BCUT2D eigenvalue weighted by Crippen LogP contribution is 2.24. The van der Waals surface area contributed by atoms with Crippen molar-refractivity contribution in [2.75, 3.05) is 6.54 Å². The molecule has 1 aromatic carbocycles. The van der Waals surface area contributed by atoms with E-state index in [-0.39, 0.29) is 18.5 Å². The molecule has 19 heavy (non-hydrogen) atoms. The zero-order valence-electron chi connectivity index (χ0n) is 11.6. The Kier molecular flexibility index (Phi) is 5.53. The van der Waals surface area contributed by atoms with Crippen LogP contribution >= 0.6 is 0 Å². The molecule has 0 heterocycles. The maximum absolute atomic E-state index is 10.8. The fourth-order valence-electron chi connectivity index (χ4n) is 2.40. The molecule has 2 unspecified atom stereocenters. The van der Waals surface area contributed by atoms with Gasteiger partial charge in [0.15, 0.2) is 0 Å². The number of hydrogen-bond acceptors (Lipinski definition) is 3. The summed E-state index contributed by atoms with van der Waals surface area (Å²) in [7, 11) is 0. The lowest BCUT2D eigenvalue weighted by molar-refractivity contribution is -0.138. The Bertz CT molecular complexity index is 479. The summed E-state index contributed by atoms with van der Waals surface area (Å²) in [6.45, 7) is 6.75. The number of hydrogen-bond donors (Lipinski definition) is 1. The molecule has 0 spiro atoms. The number of nitrogens with zero attached hydrogens (tertiary/aromatic N) is 2. The Hall–Kier alpha value is -1.86. The van der Waals surface area contributed by atoms with Crippen LogP contribution in [0.4, 0.5) is 0 Å². The van der Waals surface area contributed by atoms with Crippen molar-refractivity contribution in [1.82, 2.24) is 4.90 Å². The smallest absolute Gasteiger partial charge is 0.304 e. The van der Waals surface area contributed by atoms with Gasteiger partial charge in [-0.05, 0) is 38.1 Å². The minimum Gasteiger partial charge on any atom is -0.481 e. The molecule has 1 aromatic rings. The van der Waals surface area contributed by atoms with Crippen molar-refractivity contribution in [3.63, 3.8) is 0 Å². The summed E-state index contributed by atoms with van der Waals surface area (Å²) in [5.41, 5.74) is 1.67. The standard InChI is InChI=1S/C15H20N2O2/c1-4-17(11(2)8-15(18)19)12(3)14-7-5-6-13(9-14)10-16/h5-7,9,11-12H,4,8H2,1-3H3,(H,18,19). The number of carboxylic acid groups (broad SMARTS) is 1. The lowest BCUT2D eigenvalue weighted by Crippen LogP contribution is -2.36. The summed E-state index contributed by atoms with van der Waals surface area (Å²) in [6.07, 6.45) is 0.121. The SMILES string of the molecule is CCN(C(C)CC(=O)O)C(C)c1cccc(C#N)c1. The highest BCUT2D eigenvalue weighted by molar-refractivity contribution is 5.67. The minimum absolute atomic E-state index is 0.0387. The van der Waals surface area contributed by atoms with Crippen molar-refractivity contribution >= 4 is 5.97 Å². The molecule has 2 atom stereocenters. The molecule has 1 N–H and O–H groups in total. The second-order valence-electron chi connectivity index (χ2n) is 4.69. The maximum Gasteiger partial charge on any atom is 0.304 e. The monoisotopic (exact) mass is 260 g/mol. The van der Waals surface area contributed by atoms with Crippen molar-refractivity contribution in [1.29, 1.82) is 5.26 Å². The molecule has 4 nitrogen and oxygen atoms in total. The van der Waals surface area contributed by atoms with Crippen LogP contribution in [0.2, 0.25) is 0 Å². The third-order valence-corrected chi connectivity index (χ3v) is 3.40. The van der Waals surface area contributed by atoms with E-state index in [1.54, 1.807) is 6.07 Å². The van der Waals surface area contributed by atoms with Gasteiger partial charge in [-0.1, -0.05) is 19.1 Å². The fourth-order valence-corrected chi connectivity index (χ4v) is 2.40. The van der Waals surface area contributed by atoms with Gasteiger partial charge in [0.25, 0.3) is 0 Å². The van der Waals surface area contributed by atoms with Crippen molar-refractivity contribution in [2.45, 2.75) is 39.3 Å². The summed E-state index contributed by atoms with van der Waals surface area (Å²) in [5, 5.41) is 17.8. The van der Waals surface area contributed by atoms with Gasteiger partial charge < -0.3 is 5.11 Å². The Morgan fingerprint density at radius 3 is 2.68 bits per heavy atom. The van der Waals surface area contributed by atoms with E-state index >= 15 is 0 Å². The number of aliphatic carboxylic acids is 1. The van der Waals surface area contributed by atoms with Crippen molar-refractivity contribution < 1.29 is 9.90 Å². The summed E-state index contributed by atoms with van der Waals surface area (Å²) in [6, 6.07) is 9.65. The minimum atomic E-state index is -0.788. The van der Waals surface area contributed by atoms with E-state index in [2.05, 4.69) is 11.0 Å². The predicted octanol–water partition coefficient (Wildman–Crippen LogP) is 2.80. The summed E-state index contributed by atoms with van der Waals surface area (Å²) in [4.78, 5) is 12.9. The first kappa shape index (κ1) is 15.2. The first-order valence-electron chi connectivity index (χ1n) is 6.47. The normalized spacial score (nSPS) is 13.8. The molecule has 4 heteroatoms. The summed E-state index contributed by atoms with van der Waals surface area (Å²) >= 11 is 0. The highest BCUT2D eigenvalue weighted by Gasteiger charge is 2.21. The molecule has 102 valence electrons. The van der Waals surface area contributed by atoms with Crippen LogP contribution in [0.3, 0.4) is 0 Å². The number of carbonyl (C=O) groups is 1. The lowest BCUT2D eigenvalue weighted by Gasteiger charge is -2.33. The van der Waals surface area contributed by atoms with Crippen molar-refractivity contribution in [3.05, 3.63) is 35.4 Å². The third kappa shape index (κ3) is 4.08. The zero-order valence-corrected chi connectivity index (χ0v) is 11.6. The molecular formula is C15H20N2O2. The number of carboxylic acids is 1. The molecule has 0 saturated heterocycles. The van der Waals surface area contributed by atoms with Gasteiger partial charge in [-0.15, -0.1) is 0 Å². The molecule has 0 radical (unpaired) electrons. The van der Waals surface area contributed by atoms with Gasteiger partial charge in [-0.3, -0.25) is 9.69 Å². The van der Waals surface area contributed by atoms with E-state index in [0.29, 0.717) is 5.56 Å². The summed E-state index contributed by atoms with van der Waals surface area (Å²) < 4.78 is 0. The van der Waals surface area contributed by atoms with Gasteiger partial charge >= 0.3 is 5.97 Å². The Balaban J connectivity index is 2.91. The largest absolute Gasteiger partial charge is 0.481 e. The fraction of sp³-hybridized carbons (Fsp3) is 0.467. The van der Waals surface area contributed by atoms with Crippen molar-refractivity contribution in [3.8, 4) is 6.07 Å².